The molecule has 0 aliphatic heterocycles. The fourth-order valence-electron chi connectivity index (χ4n) is 2.80. The molecular weight excluding hydrogens is 240 g/mol. The van der Waals surface area contributed by atoms with Crippen LogP contribution in [0.1, 0.15) is 48.8 Å². The van der Waals surface area contributed by atoms with Crippen molar-refractivity contribution in [2.75, 3.05) is 12.3 Å². The fourth-order valence-corrected chi connectivity index (χ4v) is 2.80. The number of nitrogens with zero attached hydrogens (tertiary/aromatic N) is 2. The molecule has 1 heterocycles. The van der Waals surface area contributed by atoms with E-state index < -0.39 is 0 Å². The summed E-state index contributed by atoms with van der Waals surface area (Å²) in [7, 11) is 1.75. The summed E-state index contributed by atoms with van der Waals surface area (Å²) in [6, 6.07) is 0. The lowest BCUT2D eigenvalue weighted by Gasteiger charge is -2.26. The van der Waals surface area contributed by atoms with E-state index in [9.17, 15) is 4.79 Å². The van der Waals surface area contributed by atoms with Gasteiger partial charge in [0.1, 0.15) is 5.69 Å². The molecule has 1 aliphatic carbocycles. The summed E-state index contributed by atoms with van der Waals surface area (Å²) in [5.41, 5.74) is 7.55. The Kier molecular flexibility index (Phi) is 4.12. The number of nitrogens with one attached hydrogen (secondary N) is 1. The van der Waals surface area contributed by atoms with E-state index in [-0.39, 0.29) is 5.91 Å². The monoisotopic (exact) mass is 264 g/mol. The number of carbonyl (C=O) groups excluding carboxylic acids is 1. The first-order valence-corrected chi connectivity index (χ1v) is 7.06. The summed E-state index contributed by atoms with van der Waals surface area (Å²) < 4.78 is 1.56. The first-order valence-electron chi connectivity index (χ1n) is 7.06. The number of aryl methyl sites for hydroxylation is 2. The predicted molar refractivity (Wildman–Crippen MR) is 75.8 cm³/mol. The van der Waals surface area contributed by atoms with Crippen molar-refractivity contribution in [1.29, 1.82) is 0 Å². The zero-order valence-electron chi connectivity index (χ0n) is 12.1. The zero-order chi connectivity index (χ0) is 14.0. The lowest BCUT2D eigenvalue weighted by atomic mass is 9.83. The summed E-state index contributed by atoms with van der Waals surface area (Å²) in [5, 5.41) is 7.17. The van der Waals surface area contributed by atoms with E-state index in [1.807, 2.05) is 6.92 Å². The van der Waals surface area contributed by atoms with E-state index in [1.165, 1.54) is 25.7 Å². The van der Waals surface area contributed by atoms with Crippen LogP contribution >= 0.6 is 0 Å². The number of rotatable bonds is 3. The smallest absolute Gasteiger partial charge is 0.271 e. The van der Waals surface area contributed by atoms with Crippen LogP contribution in [0.25, 0.3) is 0 Å². The van der Waals surface area contributed by atoms with Crippen LogP contribution in [0.15, 0.2) is 0 Å². The second-order valence-corrected chi connectivity index (χ2v) is 5.81. The molecule has 1 amide bonds. The zero-order valence-corrected chi connectivity index (χ0v) is 12.1. The Morgan fingerprint density at radius 1 is 1.42 bits per heavy atom. The molecule has 1 aromatic rings. The Labute approximate surface area is 114 Å². The molecule has 0 atom stereocenters. The molecule has 0 spiro atoms. The van der Waals surface area contributed by atoms with Gasteiger partial charge in [-0.15, -0.1) is 0 Å². The van der Waals surface area contributed by atoms with Gasteiger partial charge in [0, 0.05) is 13.6 Å². The Balaban J connectivity index is 1.91. The second-order valence-electron chi connectivity index (χ2n) is 5.81. The van der Waals surface area contributed by atoms with Gasteiger partial charge in [-0.3, -0.25) is 9.48 Å². The third-order valence-corrected chi connectivity index (χ3v) is 4.17. The highest BCUT2D eigenvalue weighted by molar-refractivity contribution is 5.97. The van der Waals surface area contributed by atoms with Crippen molar-refractivity contribution in [2.24, 2.45) is 18.9 Å². The van der Waals surface area contributed by atoms with E-state index in [1.54, 1.807) is 11.7 Å². The number of hydrogen-bond donors (Lipinski definition) is 2. The molecule has 0 bridgehead atoms. The maximum absolute atomic E-state index is 12.2. The predicted octanol–water partition coefficient (Wildman–Crippen LogP) is 1.87. The number of carbonyl (C=O) groups is 1. The van der Waals surface area contributed by atoms with E-state index in [0.29, 0.717) is 23.0 Å². The normalized spacial score (nSPS) is 23.3. The molecular formula is C14H24N4O. The number of nitrogen functional groups attached to an aromatic ring is 1. The van der Waals surface area contributed by atoms with Crippen molar-refractivity contribution in [1.82, 2.24) is 15.1 Å². The quantitative estimate of drug-likeness (QED) is 0.875. The third kappa shape index (κ3) is 3.08. The molecule has 19 heavy (non-hydrogen) atoms. The molecule has 3 N–H and O–H groups in total. The Hall–Kier alpha value is -1.52. The maximum Gasteiger partial charge on any atom is 0.271 e. The van der Waals surface area contributed by atoms with Gasteiger partial charge in [-0.05, 0) is 31.6 Å². The summed E-state index contributed by atoms with van der Waals surface area (Å²) >= 11 is 0. The van der Waals surface area contributed by atoms with E-state index in [4.69, 9.17) is 5.73 Å². The lowest BCUT2D eigenvalue weighted by molar-refractivity contribution is 0.0933. The second kappa shape index (κ2) is 5.63. The minimum absolute atomic E-state index is 0.112. The minimum Gasteiger partial charge on any atom is -0.395 e. The van der Waals surface area contributed by atoms with Crippen molar-refractivity contribution < 1.29 is 4.79 Å². The van der Waals surface area contributed by atoms with Gasteiger partial charge in [0.15, 0.2) is 0 Å². The number of amides is 1. The number of aromatic nitrogens is 2. The maximum atomic E-state index is 12.2. The van der Waals surface area contributed by atoms with Gasteiger partial charge >= 0.3 is 0 Å². The molecule has 0 unspecified atom stereocenters. The molecule has 106 valence electrons. The molecule has 0 saturated heterocycles. The van der Waals surface area contributed by atoms with Gasteiger partial charge in [-0.25, -0.2) is 0 Å². The van der Waals surface area contributed by atoms with Gasteiger partial charge in [-0.2, -0.15) is 5.10 Å². The van der Waals surface area contributed by atoms with Crippen molar-refractivity contribution >= 4 is 11.6 Å². The van der Waals surface area contributed by atoms with Crippen molar-refractivity contribution in [3.63, 3.8) is 0 Å². The van der Waals surface area contributed by atoms with E-state index in [0.717, 1.165) is 12.5 Å². The largest absolute Gasteiger partial charge is 0.395 e. The van der Waals surface area contributed by atoms with E-state index >= 15 is 0 Å². The fraction of sp³-hybridized carbons (Fsp3) is 0.714. The molecule has 1 aromatic heterocycles. The molecule has 2 rings (SSSR count). The van der Waals surface area contributed by atoms with Gasteiger partial charge in [0.2, 0.25) is 0 Å². The highest BCUT2D eigenvalue weighted by Crippen LogP contribution is 2.27. The van der Waals surface area contributed by atoms with Crippen molar-refractivity contribution in [3.05, 3.63) is 11.4 Å². The standard InChI is InChI=1S/C14H24N4O/c1-9-4-6-11(7-5-9)8-16-14(19)13-12(15)10(2)17-18(13)3/h9,11H,4-8,15H2,1-3H3,(H,16,19). The van der Waals surface area contributed by atoms with Crippen LogP contribution in [0.2, 0.25) is 0 Å². The number of anilines is 1. The molecule has 0 aromatic carbocycles. The van der Waals surface area contributed by atoms with E-state index in [2.05, 4.69) is 17.3 Å². The van der Waals surface area contributed by atoms with Crippen molar-refractivity contribution in [3.8, 4) is 0 Å². The summed E-state index contributed by atoms with van der Waals surface area (Å²) in [5.74, 6) is 1.33. The molecule has 5 nitrogen and oxygen atoms in total. The van der Waals surface area contributed by atoms with Gasteiger partial charge in [-0.1, -0.05) is 19.8 Å². The van der Waals surface area contributed by atoms with Crippen molar-refractivity contribution in [2.45, 2.75) is 39.5 Å². The van der Waals surface area contributed by atoms with Crippen LogP contribution in [0, 0.1) is 18.8 Å². The molecule has 1 aliphatic rings. The highest BCUT2D eigenvalue weighted by Gasteiger charge is 2.21. The third-order valence-electron chi connectivity index (χ3n) is 4.17. The summed E-state index contributed by atoms with van der Waals surface area (Å²) in [4.78, 5) is 12.2. The van der Waals surface area contributed by atoms with Crippen LogP contribution in [-0.2, 0) is 7.05 Å². The molecule has 0 radical (unpaired) electrons. The Bertz CT molecular complexity index is 458. The molecule has 5 heteroatoms. The SMILES string of the molecule is Cc1nn(C)c(C(=O)NCC2CCC(C)CC2)c1N. The molecule has 1 fully saturated rings. The number of nitrogens with two attached hydrogens (primary N) is 1. The highest BCUT2D eigenvalue weighted by atomic mass is 16.2. The van der Waals surface area contributed by atoms with Crippen LogP contribution in [0.3, 0.4) is 0 Å². The first kappa shape index (κ1) is 13.9. The van der Waals surface area contributed by atoms with Crippen LogP contribution in [0.5, 0.6) is 0 Å². The average molecular weight is 264 g/mol. The lowest BCUT2D eigenvalue weighted by Crippen LogP contribution is -2.32. The Morgan fingerprint density at radius 2 is 2.05 bits per heavy atom. The van der Waals surface area contributed by atoms with Gasteiger partial charge < -0.3 is 11.1 Å². The number of hydrogen-bond acceptors (Lipinski definition) is 3. The Morgan fingerprint density at radius 3 is 2.58 bits per heavy atom. The first-order chi connectivity index (χ1) is 8.99. The van der Waals surface area contributed by atoms with Gasteiger partial charge in [0.05, 0.1) is 11.4 Å². The summed E-state index contributed by atoms with van der Waals surface area (Å²) in [6.45, 7) is 4.86. The summed E-state index contributed by atoms with van der Waals surface area (Å²) in [6.07, 6.45) is 4.96. The van der Waals surface area contributed by atoms with Crippen LogP contribution in [-0.4, -0.2) is 22.2 Å². The van der Waals surface area contributed by atoms with Crippen LogP contribution in [0.4, 0.5) is 5.69 Å². The topological polar surface area (TPSA) is 72.9 Å². The van der Waals surface area contributed by atoms with Crippen LogP contribution < -0.4 is 11.1 Å². The molecule has 1 saturated carbocycles. The minimum atomic E-state index is -0.112. The average Bonchev–Trinajstić information content (AvgIpc) is 2.62. The van der Waals surface area contributed by atoms with Gasteiger partial charge in [0.25, 0.3) is 5.91 Å².